The van der Waals surface area contributed by atoms with E-state index >= 15 is 0 Å². The Morgan fingerprint density at radius 2 is 1.91 bits per heavy atom. The molecule has 0 bridgehead atoms. The number of carbonyl (C=O) groups is 2. The van der Waals surface area contributed by atoms with Gasteiger partial charge in [0.25, 0.3) is 17.5 Å². The van der Waals surface area contributed by atoms with Crippen LogP contribution >= 0.6 is 0 Å². The number of hydrogen-bond acceptors (Lipinski definition) is 7. The lowest BCUT2D eigenvalue weighted by atomic mass is 9.94. The van der Waals surface area contributed by atoms with Crippen LogP contribution < -0.4 is 0 Å². The van der Waals surface area contributed by atoms with Gasteiger partial charge in [0.15, 0.2) is 0 Å². The third kappa shape index (κ3) is 4.66. The largest absolute Gasteiger partial charge is 0.457 e. The van der Waals surface area contributed by atoms with Gasteiger partial charge in [-0.1, -0.05) is 0 Å². The fourth-order valence-corrected chi connectivity index (χ4v) is 3.28. The van der Waals surface area contributed by atoms with E-state index in [2.05, 4.69) is 0 Å². The molecule has 9 nitrogen and oxygen atoms in total. The Labute approximate surface area is 184 Å². The summed E-state index contributed by atoms with van der Waals surface area (Å²) < 4.78 is 11.0. The van der Waals surface area contributed by atoms with Crippen LogP contribution in [0.5, 0.6) is 0 Å². The highest BCUT2D eigenvalue weighted by atomic mass is 16.6. The third-order valence-electron chi connectivity index (χ3n) is 4.98. The first-order valence-electron chi connectivity index (χ1n) is 9.99. The first-order valence-corrected chi connectivity index (χ1v) is 9.99. The number of nitrogens with zero attached hydrogens (tertiary/aromatic N) is 3. The summed E-state index contributed by atoms with van der Waals surface area (Å²) in [6.45, 7) is 4.48. The number of imide groups is 1. The van der Waals surface area contributed by atoms with Crippen molar-refractivity contribution in [3.05, 3.63) is 69.0 Å². The van der Waals surface area contributed by atoms with Crippen LogP contribution in [0, 0.1) is 21.4 Å². The molecule has 0 N–H and O–H groups in total. The summed E-state index contributed by atoms with van der Waals surface area (Å²) in [6, 6.07) is 11.1. The predicted molar refractivity (Wildman–Crippen MR) is 115 cm³/mol. The Morgan fingerprint density at radius 3 is 2.53 bits per heavy atom. The number of carbonyl (C=O) groups excluding carboxylic acids is 2. The number of nitro groups is 1. The summed E-state index contributed by atoms with van der Waals surface area (Å²) in [7, 11) is 0. The average molecular weight is 435 g/mol. The molecule has 164 valence electrons. The van der Waals surface area contributed by atoms with Crippen molar-refractivity contribution < 1.29 is 23.7 Å². The van der Waals surface area contributed by atoms with E-state index in [1.165, 1.54) is 18.2 Å². The van der Waals surface area contributed by atoms with E-state index in [9.17, 15) is 25.0 Å². The summed E-state index contributed by atoms with van der Waals surface area (Å²) in [5.41, 5.74) is 0.996. The summed E-state index contributed by atoms with van der Waals surface area (Å²) >= 11 is 0. The van der Waals surface area contributed by atoms with Gasteiger partial charge in [0, 0.05) is 43.0 Å². The SMILES string of the molecule is CCOCCCN1C(=O)C(C#N)=C(C)/C(=C\c2ccc(-c3ccc([N+](=O)[O-])cc3)o2)C1=O. The molecule has 1 aromatic carbocycles. The third-order valence-corrected chi connectivity index (χ3v) is 4.98. The second kappa shape index (κ2) is 9.85. The van der Waals surface area contributed by atoms with Crippen molar-refractivity contribution in [3.63, 3.8) is 0 Å². The molecule has 9 heteroatoms. The minimum atomic E-state index is -0.616. The van der Waals surface area contributed by atoms with Gasteiger partial charge in [-0.2, -0.15) is 5.26 Å². The molecule has 0 spiro atoms. The molecule has 2 aromatic rings. The molecular weight excluding hydrogens is 414 g/mol. The lowest BCUT2D eigenvalue weighted by Gasteiger charge is -2.27. The first-order chi connectivity index (χ1) is 15.4. The zero-order chi connectivity index (χ0) is 23.3. The van der Waals surface area contributed by atoms with E-state index in [0.717, 1.165) is 4.90 Å². The van der Waals surface area contributed by atoms with Crippen molar-refractivity contribution >= 4 is 23.6 Å². The topological polar surface area (TPSA) is 127 Å². The monoisotopic (exact) mass is 435 g/mol. The average Bonchev–Trinajstić information content (AvgIpc) is 3.25. The smallest absolute Gasteiger partial charge is 0.271 e. The number of furan rings is 1. The van der Waals surface area contributed by atoms with Gasteiger partial charge in [0.2, 0.25) is 0 Å². The normalized spacial score (nSPS) is 15.4. The quantitative estimate of drug-likeness (QED) is 0.202. The highest BCUT2D eigenvalue weighted by molar-refractivity contribution is 6.19. The molecule has 0 fully saturated rings. The summed E-state index contributed by atoms with van der Waals surface area (Å²) in [4.78, 5) is 37.0. The van der Waals surface area contributed by atoms with Crippen LogP contribution in [-0.2, 0) is 14.3 Å². The summed E-state index contributed by atoms with van der Waals surface area (Å²) in [6.07, 6.45) is 1.95. The molecule has 0 saturated heterocycles. The van der Waals surface area contributed by atoms with Crippen molar-refractivity contribution in [2.24, 2.45) is 0 Å². The lowest BCUT2D eigenvalue weighted by Crippen LogP contribution is -2.43. The van der Waals surface area contributed by atoms with Crippen LogP contribution in [0.3, 0.4) is 0 Å². The van der Waals surface area contributed by atoms with Crippen LogP contribution in [-0.4, -0.2) is 41.4 Å². The minimum Gasteiger partial charge on any atom is -0.457 e. The van der Waals surface area contributed by atoms with E-state index in [-0.39, 0.29) is 29.0 Å². The van der Waals surface area contributed by atoms with Gasteiger partial charge in [-0.05, 0) is 56.2 Å². The van der Waals surface area contributed by atoms with Crippen LogP contribution in [0.1, 0.15) is 26.0 Å². The highest BCUT2D eigenvalue weighted by Gasteiger charge is 2.35. The molecule has 0 unspecified atom stereocenters. The maximum absolute atomic E-state index is 13.0. The number of nitro benzene ring substituents is 1. The van der Waals surface area contributed by atoms with Crippen molar-refractivity contribution in [3.8, 4) is 17.4 Å². The maximum Gasteiger partial charge on any atom is 0.271 e. The number of non-ortho nitro benzene ring substituents is 1. The fraction of sp³-hybridized carbons (Fsp3) is 0.261. The number of rotatable bonds is 8. The number of benzene rings is 1. The second-order valence-corrected chi connectivity index (χ2v) is 6.99. The standard InChI is InChI=1S/C23H21N3O6/c1-3-31-12-4-11-25-22(27)19(15(2)20(14-24)23(25)28)13-18-9-10-21(32-18)16-5-7-17(8-6-16)26(29)30/h5-10,13H,3-4,11-12H2,1-2H3/b19-13+. The van der Waals surface area contributed by atoms with Gasteiger partial charge in [0.05, 0.1) is 4.92 Å². The van der Waals surface area contributed by atoms with Crippen molar-refractivity contribution in [2.45, 2.75) is 20.3 Å². The maximum atomic E-state index is 13.0. The van der Waals surface area contributed by atoms with Crippen molar-refractivity contribution in [1.82, 2.24) is 4.90 Å². The van der Waals surface area contributed by atoms with E-state index < -0.39 is 16.7 Å². The van der Waals surface area contributed by atoms with Gasteiger partial charge in [-0.15, -0.1) is 0 Å². The Hall–Kier alpha value is -4.03. The highest BCUT2D eigenvalue weighted by Crippen LogP contribution is 2.30. The Morgan fingerprint density at radius 1 is 1.19 bits per heavy atom. The summed E-state index contributed by atoms with van der Waals surface area (Å²) in [5.74, 6) is -0.310. The van der Waals surface area contributed by atoms with E-state index in [4.69, 9.17) is 9.15 Å². The molecule has 32 heavy (non-hydrogen) atoms. The minimum absolute atomic E-state index is 0.0330. The fourth-order valence-electron chi connectivity index (χ4n) is 3.28. The van der Waals surface area contributed by atoms with E-state index in [0.29, 0.717) is 36.7 Å². The van der Waals surface area contributed by atoms with Gasteiger partial charge >= 0.3 is 0 Å². The van der Waals surface area contributed by atoms with Gasteiger partial charge in [-0.25, -0.2) is 0 Å². The molecule has 1 aromatic heterocycles. The molecule has 0 radical (unpaired) electrons. The molecule has 2 amide bonds. The molecule has 1 aliphatic rings. The summed E-state index contributed by atoms with van der Waals surface area (Å²) in [5, 5.41) is 20.3. The molecule has 0 atom stereocenters. The predicted octanol–water partition coefficient (Wildman–Crippen LogP) is 3.87. The Kier molecular flexibility index (Phi) is 6.97. The zero-order valence-electron chi connectivity index (χ0n) is 17.7. The zero-order valence-corrected chi connectivity index (χ0v) is 17.7. The number of ether oxygens (including phenoxy) is 1. The van der Waals surface area contributed by atoms with Crippen LogP contribution in [0.15, 0.2) is 57.5 Å². The lowest BCUT2D eigenvalue weighted by molar-refractivity contribution is -0.384. The molecular formula is C23H21N3O6. The van der Waals surface area contributed by atoms with Crippen LogP contribution in [0.25, 0.3) is 17.4 Å². The number of hydrogen-bond donors (Lipinski definition) is 0. The number of amides is 2. The van der Waals surface area contributed by atoms with E-state index in [1.54, 1.807) is 31.2 Å². The Balaban J connectivity index is 1.90. The first kappa shape index (κ1) is 22.7. The molecule has 3 rings (SSSR count). The van der Waals surface area contributed by atoms with Gasteiger partial charge in [-0.3, -0.25) is 24.6 Å². The van der Waals surface area contributed by atoms with Crippen LogP contribution in [0.2, 0.25) is 0 Å². The van der Waals surface area contributed by atoms with Gasteiger partial charge < -0.3 is 9.15 Å². The van der Waals surface area contributed by atoms with Crippen molar-refractivity contribution in [2.75, 3.05) is 19.8 Å². The van der Waals surface area contributed by atoms with Crippen molar-refractivity contribution in [1.29, 1.82) is 5.26 Å². The second-order valence-electron chi connectivity index (χ2n) is 6.99. The molecule has 0 aliphatic carbocycles. The molecule has 2 heterocycles. The van der Waals surface area contributed by atoms with Crippen LogP contribution in [0.4, 0.5) is 5.69 Å². The Bertz CT molecular complexity index is 1150. The molecule has 1 aliphatic heterocycles. The molecule has 0 saturated carbocycles. The van der Waals surface area contributed by atoms with E-state index in [1.807, 2.05) is 13.0 Å². The van der Waals surface area contributed by atoms with Gasteiger partial charge in [0.1, 0.15) is 23.2 Å². The number of nitriles is 1.